The molecule has 1 aliphatic heterocycles. The summed E-state index contributed by atoms with van der Waals surface area (Å²) in [4.78, 5) is 29.1. The third-order valence-corrected chi connectivity index (χ3v) is 5.97. The highest BCUT2D eigenvalue weighted by atomic mass is 35.5. The van der Waals surface area contributed by atoms with Crippen molar-refractivity contribution in [3.63, 3.8) is 0 Å². The van der Waals surface area contributed by atoms with Crippen molar-refractivity contribution in [3.8, 4) is 5.69 Å². The van der Waals surface area contributed by atoms with E-state index in [4.69, 9.17) is 11.6 Å². The summed E-state index contributed by atoms with van der Waals surface area (Å²) in [6, 6.07) is 6.75. The predicted molar refractivity (Wildman–Crippen MR) is 116 cm³/mol. The molecule has 0 unspecified atom stereocenters. The summed E-state index contributed by atoms with van der Waals surface area (Å²) in [5.74, 6) is -2.64. The number of rotatable bonds is 3. The second kappa shape index (κ2) is 8.90. The molecule has 0 bridgehead atoms. The number of amides is 2. The van der Waals surface area contributed by atoms with Gasteiger partial charge in [0.05, 0.1) is 27.5 Å². The summed E-state index contributed by atoms with van der Waals surface area (Å²) < 4.78 is 42.1. The number of hydrogen-bond acceptors (Lipinski definition) is 3. The molecule has 2 amide bonds. The van der Waals surface area contributed by atoms with E-state index < -0.39 is 17.5 Å². The molecule has 2 heterocycles. The van der Waals surface area contributed by atoms with Crippen molar-refractivity contribution >= 4 is 23.4 Å². The summed E-state index contributed by atoms with van der Waals surface area (Å²) in [5, 5.41) is 4.32. The molecular formula is C23H20ClF3N4O2. The molecule has 0 N–H and O–H groups in total. The van der Waals surface area contributed by atoms with E-state index in [1.54, 1.807) is 23.6 Å². The molecular weight excluding hydrogens is 457 g/mol. The summed E-state index contributed by atoms with van der Waals surface area (Å²) in [6.07, 6.45) is 0. The molecule has 0 spiro atoms. The number of aromatic nitrogens is 2. The molecule has 1 fully saturated rings. The Morgan fingerprint density at radius 3 is 2.06 bits per heavy atom. The second-order valence-corrected chi connectivity index (χ2v) is 8.17. The number of piperazine rings is 1. The number of benzene rings is 2. The Kier molecular flexibility index (Phi) is 6.16. The fourth-order valence-corrected chi connectivity index (χ4v) is 4.19. The largest absolute Gasteiger partial charge is 0.335 e. The Morgan fingerprint density at radius 1 is 0.879 bits per heavy atom. The number of carbonyl (C=O) groups excluding carboxylic acids is 2. The quantitative estimate of drug-likeness (QED) is 0.570. The number of hydrogen-bond donors (Lipinski definition) is 0. The van der Waals surface area contributed by atoms with Gasteiger partial charge in [0.1, 0.15) is 17.3 Å². The van der Waals surface area contributed by atoms with Gasteiger partial charge < -0.3 is 9.80 Å². The van der Waals surface area contributed by atoms with Gasteiger partial charge in [0.15, 0.2) is 5.82 Å². The van der Waals surface area contributed by atoms with Crippen LogP contribution >= 0.6 is 11.6 Å². The molecule has 0 radical (unpaired) electrons. The fourth-order valence-electron chi connectivity index (χ4n) is 3.94. The van der Waals surface area contributed by atoms with Gasteiger partial charge in [-0.1, -0.05) is 11.6 Å². The molecule has 0 atom stereocenters. The van der Waals surface area contributed by atoms with E-state index in [0.717, 1.165) is 18.2 Å². The molecule has 2 aromatic carbocycles. The van der Waals surface area contributed by atoms with Crippen LogP contribution in [0, 0.1) is 31.3 Å². The molecule has 1 aromatic heterocycles. The Balaban J connectivity index is 1.50. The molecule has 172 valence electrons. The zero-order chi connectivity index (χ0) is 23.9. The lowest BCUT2D eigenvalue weighted by molar-refractivity contribution is 0.0534. The Labute approximate surface area is 193 Å². The van der Waals surface area contributed by atoms with Gasteiger partial charge in [0, 0.05) is 32.2 Å². The van der Waals surface area contributed by atoms with Gasteiger partial charge in [-0.3, -0.25) is 9.59 Å². The smallest absolute Gasteiger partial charge is 0.257 e. The topological polar surface area (TPSA) is 58.4 Å². The lowest BCUT2D eigenvalue weighted by atomic mass is 10.1. The molecule has 3 aromatic rings. The average molecular weight is 477 g/mol. The van der Waals surface area contributed by atoms with E-state index in [0.29, 0.717) is 17.0 Å². The van der Waals surface area contributed by atoms with Gasteiger partial charge >= 0.3 is 0 Å². The normalized spacial score (nSPS) is 14.0. The Bertz CT molecular complexity index is 1250. The van der Waals surface area contributed by atoms with Gasteiger partial charge in [-0.05, 0) is 44.2 Å². The molecule has 33 heavy (non-hydrogen) atoms. The van der Waals surface area contributed by atoms with E-state index in [-0.39, 0.29) is 54.3 Å². The highest BCUT2D eigenvalue weighted by Gasteiger charge is 2.30. The van der Waals surface area contributed by atoms with Crippen LogP contribution in [0.2, 0.25) is 5.02 Å². The van der Waals surface area contributed by atoms with Crippen molar-refractivity contribution in [3.05, 3.63) is 81.4 Å². The van der Waals surface area contributed by atoms with Crippen LogP contribution in [-0.4, -0.2) is 57.6 Å². The number of nitrogens with zero attached hydrogens (tertiary/aromatic N) is 4. The average Bonchev–Trinajstić information content (AvgIpc) is 3.06. The van der Waals surface area contributed by atoms with Crippen LogP contribution in [0.5, 0.6) is 0 Å². The van der Waals surface area contributed by atoms with Gasteiger partial charge in [-0.2, -0.15) is 5.10 Å². The monoisotopic (exact) mass is 476 g/mol. The van der Waals surface area contributed by atoms with E-state index in [9.17, 15) is 22.8 Å². The van der Waals surface area contributed by atoms with E-state index in [2.05, 4.69) is 5.10 Å². The molecule has 10 heteroatoms. The van der Waals surface area contributed by atoms with Crippen molar-refractivity contribution in [2.24, 2.45) is 0 Å². The molecule has 0 saturated carbocycles. The van der Waals surface area contributed by atoms with Gasteiger partial charge in [0.2, 0.25) is 0 Å². The minimum atomic E-state index is -0.786. The molecule has 0 aliphatic carbocycles. The van der Waals surface area contributed by atoms with Crippen LogP contribution in [0.15, 0.2) is 36.4 Å². The molecule has 6 nitrogen and oxygen atoms in total. The van der Waals surface area contributed by atoms with E-state index >= 15 is 0 Å². The molecule has 4 rings (SSSR count). The zero-order valence-electron chi connectivity index (χ0n) is 17.9. The third-order valence-electron chi connectivity index (χ3n) is 5.66. The summed E-state index contributed by atoms with van der Waals surface area (Å²) in [5.41, 5.74) is 1.42. The Hall–Kier alpha value is -3.33. The second-order valence-electron chi connectivity index (χ2n) is 7.76. The first-order chi connectivity index (χ1) is 15.7. The van der Waals surface area contributed by atoms with E-state index in [1.165, 1.54) is 22.9 Å². The maximum absolute atomic E-state index is 14.3. The SMILES string of the molecule is Cc1nn(-c2ccc(F)cc2F)c(C)c1C(=O)N1CCN(C(=O)c2ccc(F)cc2Cl)CC1. The number of aryl methyl sites for hydroxylation is 1. The van der Waals surface area contributed by atoms with Crippen LogP contribution in [0.25, 0.3) is 5.69 Å². The Morgan fingerprint density at radius 2 is 1.45 bits per heavy atom. The van der Waals surface area contributed by atoms with Crippen LogP contribution in [-0.2, 0) is 0 Å². The first kappa shape index (κ1) is 22.8. The van der Waals surface area contributed by atoms with Crippen LogP contribution in [0.4, 0.5) is 13.2 Å². The van der Waals surface area contributed by atoms with Gasteiger partial charge in [-0.15, -0.1) is 0 Å². The van der Waals surface area contributed by atoms with E-state index in [1.807, 2.05) is 0 Å². The maximum atomic E-state index is 14.3. The zero-order valence-corrected chi connectivity index (χ0v) is 18.7. The number of carbonyl (C=O) groups is 2. The van der Waals surface area contributed by atoms with Crippen molar-refractivity contribution in [2.45, 2.75) is 13.8 Å². The van der Waals surface area contributed by atoms with Crippen LogP contribution in [0.3, 0.4) is 0 Å². The highest BCUT2D eigenvalue weighted by Crippen LogP contribution is 2.24. The van der Waals surface area contributed by atoms with Crippen LogP contribution in [0.1, 0.15) is 32.1 Å². The third kappa shape index (κ3) is 4.32. The molecule has 1 saturated heterocycles. The highest BCUT2D eigenvalue weighted by molar-refractivity contribution is 6.33. The van der Waals surface area contributed by atoms with Crippen molar-refractivity contribution in [1.29, 1.82) is 0 Å². The lowest BCUT2D eigenvalue weighted by Gasteiger charge is -2.35. The van der Waals surface area contributed by atoms with Crippen molar-refractivity contribution in [2.75, 3.05) is 26.2 Å². The molecule has 1 aliphatic rings. The first-order valence-corrected chi connectivity index (χ1v) is 10.6. The van der Waals surface area contributed by atoms with Crippen molar-refractivity contribution in [1.82, 2.24) is 19.6 Å². The number of halogens is 4. The summed E-state index contributed by atoms with van der Waals surface area (Å²) in [7, 11) is 0. The maximum Gasteiger partial charge on any atom is 0.257 e. The summed E-state index contributed by atoms with van der Waals surface area (Å²) in [6.45, 7) is 4.39. The van der Waals surface area contributed by atoms with Gasteiger partial charge in [-0.25, -0.2) is 17.9 Å². The predicted octanol–water partition coefficient (Wildman–Crippen LogP) is 4.16. The van der Waals surface area contributed by atoms with Gasteiger partial charge in [0.25, 0.3) is 11.8 Å². The first-order valence-electron chi connectivity index (χ1n) is 10.2. The minimum absolute atomic E-state index is 0.0326. The van der Waals surface area contributed by atoms with Crippen LogP contribution < -0.4 is 0 Å². The summed E-state index contributed by atoms with van der Waals surface area (Å²) >= 11 is 6.00. The van der Waals surface area contributed by atoms with Crippen molar-refractivity contribution < 1.29 is 22.8 Å². The minimum Gasteiger partial charge on any atom is -0.335 e. The fraction of sp³-hybridized carbons (Fsp3) is 0.261. The lowest BCUT2D eigenvalue weighted by Crippen LogP contribution is -2.50. The standard InChI is InChI=1S/C23H20ClF3N4O2/c1-13-21(14(2)31(28-13)20-6-4-16(26)12-19(20)27)23(33)30-9-7-29(8-10-30)22(32)17-5-3-15(25)11-18(17)24/h3-6,11-12H,7-10H2,1-2H3.